The summed E-state index contributed by atoms with van der Waals surface area (Å²) in [6.07, 6.45) is 0. The minimum absolute atomic E-state index is 0.165. The van der Waals surface area contributed by atoms with Crippen LogP contribution in [0, 0.1) is 0 Å². The van der Waals surface area contributed by atoms with Gasteiger partial charge in [0.05, 0.1) is 6.54 Å². The van der Waals surface area contributed by atoms with Crippen molar-refractivity contribution in [2.45, 2.75) is 17.5 Å². The predicted octanol–water partition coefficient (Wildman–Crippen LogP) is 3.29. The van der Waals surface area contributed by atoms with E-state index in [0.29, 0.717) is 16.7 Å². The number of carbonyl (C=O) groups excluding carboxylic acids is 1. The van der Waals surface area contributed by atoms with E-state index in [1.807, 2.05) is 48.5 Å². The van der Waals surface area contributed by atoms with Gasteiger partial charge in [-0.05, 0) is 17.7 Å². The number of benzene rings is 2. The van der Waals surface area contributed by atoms with E-state index in [1.165, 1.54) is 17.3 Å². The first kappa shape index (κ1) is 15.3. The molecule has 23 heavy (non-hydrogen) atoms. The molecule has 0 atom stereocenters. The van der Waals surface area contributed by atoms with Crippen LogP contribution >= 0.6 is 11.8 Å². The lowest BCUT2D eigenvalue weighted by Crippen LogP contribution is -2.22. The first-order chi connectivity index (χ1) is 11.3. The normalized spacial score (nSPS) is 10.4. The van der Waals surface area contributed by atoms with E-state index in [9.17, 15) is 4.79 Å². The molecule has 0 fully saturated rings. The first-order valence-corrected chi connectivity index (χ1v) is 8.12. The summed E-state index contributed by atoms with van der Waals surface area (Å²) in [6, 6.07) is 19.1. The van der Waals surface area contributed by atoms with Gasteiger partial charge in [0.2, 0.25) is 5.89 Å². The number of carbonyl (C=O) groups is 1. The number of hydrogen-bond acceptors (Lipinski definition) is 5. The lowest BCUT2D eigenvalue weighted by Gasteiger charge is -2.01. The zero-order valence-corrected chi connectivity index (χ0v) is 13.1. The molecule has 6 heteroatoms. The fourth-order valence-corrected chi connectivity index (χ4v) is 2.67. The van der Waals surface area contributed by atoms with Crippen molar-refractivity contribution >= 4 is 17.7 Å². The molecule has 5 nitrogen and oxygen atoms in total. The van der Waals surface area contributed by atoms with Crippen LogP contribution in [0.4, 0.5) is 0 Å². The smallest absolute Gasteiger partial charge is 0.276 e. The molecule has 0 unspecified atom stereocenters. The maximum Gasteiger partial charge on any atom is 0.276 e. The molecule has 0 spiro atoms. The lowest BCUT2D eigenvalue weighted by molar-refractivity contribution is 0.0946. The van der Waals surface area contributed by atoms with Gasteiger partial charge in [-0.25, -0.2) is 0 Å². The van der Waals surface area contributed by atoms with Crippen LogP contribution in [0.3, 0.4) is 0 Å². The van der Waals surface area contributed by atoms with Gasteiger partial charge >= 0.3 is 0 Å². The average Bonchev–Trinajstić information content (AvgIpc) is 3.07. The van der Waals surface area contributed by atoms with E-state index in [-0.39, 0.29) is 12.5 Å². The highest BCUT2D eigenvalue weighted by atomic mass is 32.2. The lowest BCUT2D eigenvalue weighted by atomic mass is 10.2. The van der Waals surface area contributed by atoms with Crippen molar-refractivity contribution in [3.63, 3.8) is 0 Å². The van der Waals surface area contributed by atoms with Gasteiger partial charge in [0.1, 0.15) is 0 Å². The molecule has 0 aliphatic carbocycles. The SMILES string of the molecule is O=C(NCc1nnc(SCc2ccccc2)o1)c1ccccc1. The summed E-state index contributed by atoms with van der Waals surface area (Å²) >= 11 is 1.47. The quantitative estimate of drug-likeness (QED) is 0.704. The van der Waals surface area contributed by atoms with Gasteiger partial charge in [-0.1, -0.05) is 60.3 Å². The third kappa shape index (κ3) is 4.43. The molecule has 0 aliphatic rings. The summed E-state index contributed by atoms with van der Waals surface area (Å²) in [7, 11) is 0. The highest BCUT2D eigenvalue weighted by molar-refractivity contribution is 7.98. The van der Waals surface area contributed by atoms with Crippen LogP contribution in [0.25, 0.3) is 0 Å². The summed E-state index contributed by atoms with van der Waals surface area (Å²) in [5, 5.41) is 11.2. The van der Waals surface area contributed by atoms with Crippen molar-refractivity contribution in [2.24, 2.45) is 0 Å². The Bertz CT molecular complexity index is 760. The Kier molecular flexibility index (Phi) is 5.06. The van der Waals surface area contributed by atoms with E-state index in [0.717, 1.165) is 5.75 Å². The molecule has 1 aromatic heterocycles. The fourth-order valence-electron chi connectivity index (χ4n) is 1.93. The molecule has 0 radical (unpaired) electrons. The Balaban J connectivity index is 1.50. The average molecular weight is 325 g/mol. The second-order valence-corrected chi connectivity index (χ2v) is 5.71. The van der Waals surface area contributed by atoms with Gasteiger partial charge < -0.3 is 9.73 Å². The standard InChI is InChI=1S/C17H15N3O2S/c21-16(14-9-5-2-6-10-14)18-11-15-19-20-17(22-15)23-12-13-7-3-1-4-8-13/h1-10H,11-12H2,(H,18,21). The van der Waals surface area contributed by atoms with E-state index in [2.05, 4.69) is 15.5 Å². The molecule has 3 rings (SSSR count). The van der Waals surface area contributed by atoms with Gasteiger partial charge in [-0.15, -0.1) is 10.2 Å². The molecular formula is C17H15N3O2S. The van der Waals surface area contributed by atoms with Crippen LogP contribution in [0.15, 0.2) is 70.3 Å². The number of amides is 1. The molecule has 3 aromatic rings. The number of hydrogen-bond donors (Lipinski definition) is 1. The highest BCUT2D eigenvalue weighted by Gasteiger charge is 2.09. The third-order valence-electron chi connectivity index (χ3n) is 3.09. The molecule has 1 N–H and O–H groups in total. The minimum Gasteiger partial charge on any atom is -0.414 e. The van der Waals surface area contributed by atoms with E-state index in [4.69, 9.17) is 4.42 Å². The zero-order chi connectivity index (χ0) is 15.9. The van der Waals surface area contributed by atoms with Crippen molar-refractivity contribution in [1.82, 2.24) is 15.5 Å². The second kappa shape index (κ2) is 7.60. The molecular weight excluding hydrogens is 310 g/mol. The molecule has 1 heterocycles. The highest BCUT2D eigenvalue weighted by Crippen LogP contribution is 2.21. The van der Waals surface area contributed by atoms with Crippen LogP contribution in [-0.2, 0) is 12.3 Å². The van der Waals surface area contributed by atoms with Gasteiger partial charge in [0, 0.05) is 11.3 Å². The molecule has 2 aromatic carbocycles. The summed E-state index contributed by atoms with van der Waals surface area (Å²) < 4.78 is 5.52. The third-order valence-corrected chi connectivity index (χ3v) is 3.98. The van der Waals surface area contributed by atoms with Crippen LogP contribution in [0.5, 0.6) is 0 Å². The molecule has 0 saturated heterocycles. The van der Waals surface area contributed by atoms with Crippen molar-refractivity contribution < 1.29 is 9.21 Å². The number of nitrogens with one attached hydrogen (secondary N) is 1. The number of rotatable bonds is 6. The van der Waals surface area contributed by atoms with Crippen molar-refractivity contribution in [3.05, 3.63) is 77.7 Å². The maximum atomic E-state index is 11.9. The van der Waals surface area contributed by atoms with E-state index >= 15 is 0 Å². The van der Waals surface area contributed by atoms with Gasteiger partial charge in [0.25, 0.3) is 11.1 Å². The molecule has 1 amide bonds. The zero-order valence-electron chi connectivity index (χ0n) is 12.3. The number of aromatic nitrogens is 2. The Labute approximate surface area is 138 Å². The summed E-state index contributed by atoms with van der Waals surface area (Å²) in [4.78, 5) is 11.9. The molecule has 0 aliphatic heterocycles. The van der Waals surface area contributed by atoms with Crippen molar-refractivity contribution in [3.8, 4) is 0 Å². The van der Waals surface area contributed by atoms with Gasteiger partial charge in [-0.3, -0.25) is 4.79 Å². The Morgan fingerprint density at radius 1 is 1.00 bits per heavy atom. The van der Waals surface area contributed by atoms with Gasteiger partial charge in [0.15, 0.2) is 0 Å². The largest absolute Gasteiger partial charge is 0.414 e. The Morgan fingerprint density at radius 2 is 1.70 bits per heavy atom. The molecule has 116 valence electrons. The van der Waals surface area contributed by atoms with E-state index < -0.39 is 0 Å². The number of thioether (sulfide) groups is 1. The van der Waals surface area contributed by atoms with Crippen LogP contribution < -0.4 is 5.32 Å². The maximum absolute atomic E-state index is 11.9. The van der Waals surface area contributed by atoms with Crippen LogP contribution in [0.2, 0.25) is 0 Å². The van der Waals surface area contributed by atoms with Crippen molar-refractivity contribution in [2.75, 3.05) is 0 Å². The van der Waals surface area contributed by atoms with Gasteiger partial charge in [-0.2, -0.15) is 0 Å². The van der Waals surface area contributed by atoms with E-state index in [1.54, 1.807) is 12.1 Å². The summed E-state index contributed by atoms with van der Waals surface area (Å²) in [5.74, 6) is 0.992. The van der Waals surface area contributed by atoms with Crippen LogP contribution in [-0.4, -0.2) is 16.1 Å². The fraction of sp³-hybridized carbons (Fsp3) is 0.118. The Hall–Kier alpha value is -2.60. The minimum atomic E-state index is -0.165. The second-order valence-electron chi connectivity index (χ2n) is 4.78. The number of nitrogens with zero attached hydrogens (tertiary/aromatic N) is 2. The molecule has 0 saturated carbocycles. The summed E-state index contributed by atoms with van der Waals surface area (Å²) in [6.45, 7) is 0.215. The van der Waals surface area contributed by atoms with Crippen molar-refractivity contribution in [1.29, 1.82) is 0 Å². The molecule has 0 bridgehead atoms. The van der Waals surface area contributed by atoms with Crippen LogP contribution in [0.1, 0.15) is 21.8 Å². The topological polar surface area (TPSA) is 68.0 Å². The first-order valence-electron chi connectivity index (χ1n) is 7.13. The predicted molar refractivity (Wildman–Crippen MR) is 87.9 cm³/mol. The Morgan fingerprint density at radius 3 is 2.43 bits per heavy atom. The summed E-state index contributed by atoms with van der Waals surface area (Å²) in [5.41, 5.74) is 1.79. The monoisotopic (exact) mass is 325 g/mol.